The number of aliphatic carboxylic acids is 1. The Balaban J connectivity index is 1.72. The zero-order valence-electron chi connectivity index (χ0n) is 22.9. The zero-order valence-corrected chi connectivity index (χ0v) is 22.9. The Morgan fingerprint density at radius 3 is 2.25 bits per heavy atom. The van der Waals surface area contributed by atoms with Gasteiger partial charge in [0.05, 0.1) is 12.7 Å². The molecule has 0 radical (unpaired) electrons. The number of carbonyl (C=O) groups is 2. The minimum Gasteiger partial charge on any atom is -0.507 e. The number of ether oxygens (including phenoxy) is 4. The van der Waals surface area contributed by atoms with Gasteiger partial charge in [-0.1, -0.05) is 0 Å². The first-order valence-corrected chi connectivity index (χ1v) is 13.1. The number of benzene rings is 2. The van der Waals surface area contributed by atoms with Crippen LogP contribution in [0.15, 0.2) is 39.5 Å². The summed E-state index contributed by atoms with van der Waals surface area (Å²) in [5.74, 6) is -4.26. The highest BCUT2D eigenvalue weighted by Gasteiger charge is 2.50. The molecule has 16 heteroatoms. The molecular formula is C28H28O16. The Hall–Kier alpha value is -4.29. The van der Waals surface area contributed by atoms with Crippen molar-refractivity contribution in [3.63, 3.8) is 0 Å². The number of ketones is 1. The number of carbonyl (C=O) groups excluding carboxylic acids is 1. The summed E-state index contributed by atoms with van der Waals surface area (Å²) < 4.78 is 27.4. The van der Waals surface area contributed by atoms with Crippen LogP contribution in [-0.2, 0) is 19.1 Å². The average Bonchev–Trinajstić information content (AvgIpc) is 2.98. The van der Waals surface area contributed by atoms with Crippen molar-refractivity contribution in [2.24, 2.45) is 0 Å². The van der Waals surface area contributed by atoms with Gasteiger partial charge in [0.15, 0.2) is 28.8 Å². The number of carboxylic acids is 1. The quantitative estimate of drug-likeness (QED) is 0.163. The van der Waals surface area contributed by atoms with Crippen LogP contribution in [0.25, 0.3) is 22.3 Å². The second-order valence-electron chi connectivity index (χ2n) is 10.3. The van der Waals surface area contributed by atoms with Gasteiger partial charge < -0.3 is 64.2 Å². The van der Waals surface area contributed by atoms with Gasteiger partial charge in [0, 0.05) is 17.7 Å². The number of aliphatic hydroxyl groups is 5. The van der Waals surface area contributed by atoms with Crippen molar-refractivity contribution in [2.75, 3.05) is 7.11 Å². The van der Waals surface area contributed by atoms with E-state index in [0.717, 1.165) is 12.1 Å². The highest BCUT2D eigenvalue weighted by molar-refractivity contribution is 5.90. The molecule has 9 atom stereocenters. The van der Waals surface area contributed by atoms with Crippen molar-refractivity contribution in [1.82, 2.24) is 0 Å². The molecule has 44 heavy (non-hydrogen) atoms. The third-order valence-corrected chi connectivity index (χ3v) is 7.46. The number of phenols is 2. The third kappa shape index (κ3) is 5.22. The van der Waals surface area contributed by atoms with Crippen molar-refractivity contribution in [3.05, 3.63) is 46.1 Å². The van der Waals surface area contributed by atoms with Crippen molar-refractivity contribution in [3.8, 4) is 34.3 Å². The van der Waals surface area contributed by atoms with Crippen LogP contribution in [0.5, 0.6) is 23.0 Å². The summed E-state index contributed by atoms with van der Waals surface area (Å²) in [5.41, 5.74) is -1.44. The van der Waals surface area contributed by atoms with Gasteiger partial charge in [0.25, 0.3) is 0 Å². The van der Waals surface area contributed by atoms with Crippen molar-refractivity contribution < 1.29 is 73.8 Å². The largest absolute Gasteiger partial charge is 0.507 e. The Bertz CT molecular complexity index is 1670. The highest BCUT2D eigenvalue weighted by atomic mass is 16.7. The van der Waals surface area contributed by atoms with E-state index in [1.807, 2.05) is 0 Å². The number of hydrogen-bond donors (Lipinski definition) is 8. The van der Waals surface area contributed by atoms with Gasteiger partial charge in [-0.15, -0.1) is 0 Å². The Morgan fingerprint density at radius 2 is 1.59 bits per heavy atom. The molecule has 0 saturated carbocycles. The smallest absolute Gasteiger partial charge is 0.335 e. The SMILES string of the molecule is COc1cc(-c2cc(=O)c3c(OC4OC(C(=O)O)C(O)C(O)C4O)c(C4OC(C)C(=O)C(O)C4O)c(O)cc3o2)ccc1O. The van der Waals surface area contributed by atoms with Crippen LogP contribution in [0.4, 0.5) is 0 Å². The monoisotopic (exact) mass is 620 g/mol. The minimum atomic E-state index is -2.11. The molecule has 8 N–H and O–H groups in total. The fourth-order valence-electron chi connectivity index (χ4n) is 5.11. The van der Waals surface area contributed by atoms with Gasteiger partial charge >= 0.3 is 5.97 Å². The molecule has 2 aromatic carbocycles. The minimum absolute atomic E-state index is 0.0512. The number of fused-ring (bicyclic) bond motifs is 1. The first-order valence-electron chi connectivity index (χ1n) is 13.1. The summed E-state index contributed by atoms with van der Waals surface area (Å²) in [6.45, 7) is 1.26. The average molecular weight is 621 g/mol. The van der Waals surface area contributed by atoms with E-state index in [-0.39, 0.29) is 28.4 Å². The highest BCUT2D eigenvalue weighted by Crippen LogP contribution is 2.46. The second-order valence-corrected chi connectivity index (χ2v) is 10.3. The molecule has 1 aromatic heterocycles. The lowest BCUT2D eigenvalue weighted by Crippen LogP contribution is -2.61. The molecule has 5 rings (SSSR count). The molecule has 2 aliphatic heterocycles. The summed E-state index contributed by atoms with van der Waals surface area (Å²) in [4.78, 5) is 37.5. The third-order valence-electron chi connectivity index (χ3n) is 7.46. The van der Waals surface area contributed by atoms with Gasteiger partial charge in [-0.3, -0.25) is 9.59 Å². The maximum atomic E-state index is 13.6. The number of phenolic OH excluding ortho intramolecular Hbond substituents is 2. The van der Waals surface area contributed by atoms with Gasteiger partial charge in [-0.25, -0.2) is 4.79 Å². The lowest BCUT2D eigenvalue weighted by Gasteiger charge is -2.40. The number of aromatic hydroxyl groups is 2. The maximum Gasteiger partial charge on any atom is 0.335 e. The fraction of sp³-hybridized carbons (Fsp3) is 0.393. The van der Waals surface area contributed by atoms with E-state index in [1.165, 1.54) is 32.2 Å². The molecule has 236 valence electrons. The summed E-state index contributed by atoms with van der Waals surface area (Å²) >= 11 is 0. The van der Waals surface area contributed by atoms with Crippen LogP contribution in [0.2, 0.25) is 0 Å². The molecule has 0 amide bonds. The fourth-order valence-corrected chi connectivity index (χ4v) is 5.11. The van der Waals surface area contributed by atoms with Crippen molar-refractivity contribution >= 4 is 22.7 Å². The molecule has 2 aliphatic rings. The van der Waals surface area contributed by atoms with Crippen LogP contribution in [-0.4, -0.2) is 109 Å². The van der Waals surface area contributed by atoms with Crippen molar-refractivity contribution in [2.45, 2.75) is 62.0 Å². The van der Waals surface area contributed by atoms with E-state index in [2.05, 4.69) is 0 Å². The van der Waals surface area contributed by atoms with E-state index in [0.29, 0.717) is 0 Å². The maximum absolute atomic E-state index is 13.6. The molecule has 2 fully saturated rings. The summed E-state index contributed by atoms with van der Waals surface area (Å²) in [6, 6.07) is 6.01. The van der Waals surface area contributed by atoms with Crippen LogP contribution < -0.4 is 14.9 Å². The Morgan fingerprint density at radius 1 is 0.886 bits per heavy atom. The van der Waals surface area contributed by atoms with Crippen molar-refractivity contribution in [1.29, 1.82) is 0 Å². The molecule has 0 spiro atoms. The van der Waals surface area contributed by atoms with Gasteiger partial charge in [0.2, 0.25) is 6.29 Å². The van der Waals surface area contributed by atoms with Crippen LogP contribution in [0, 0.1) is 0 Å². The summed E-state index contributed by atoms with van der Waals surface area (Å²) in [5, 5.41) is 82.2. The molecule has 0 aliphatic carbocycles. The lowest BCUT2D eigenvalue weighted by atomic mass is 9.90. The standard InChI is InChI=1S/C28H28O16/c1-8-18(32)19(33)21(35)25(41-8)17-12(31)7-15-16(11(30)6-13(42-15)9-3-4-10(29)14(5-9)40-2)24(17)43-28-23(37)20(34)22(36)26(44-28)27(38)39/h3-8,19-23,25-26,28-29,31,33-37H,1-2H3,(H,38,39). The van der Waals surface area contributed by atoms with Gasteiger partial charge in [-0.05, 0) is 25.1 Å². The molecule has 3 heterocycles. The lowest BCUT2D eigenvalue weighted by molar-refractivity contribution is -0.271. The van der Waals surface area contributed by atoms with Gasteiger partial charge in [0.1, 0.15) is 71.0 Å². The van der Waals surface area contributed by atoms with Gasteiger partial charge in [-0.2, -0.15) is 0 Å². The van der Waals surface area contributed by atoms with Crippen LogP contribution in [0.3, 0.4) is 0 Å². The molecular weight excluding hydrogens is 592 g/mol. The zero-order chi connectivity index (χ0) is 32.2. The molecule has 0 bridgehead atoms. The molecule has 16 nitrogen and oxygen atoms in total. The number of methoxy groups -OCH3 is 1. The van der Waals surface area contributed by atoms with E-state index in [4.69, 9.17) is 23.4 Å². The summed E-state index contributed by atoms with van der Waals surface area (Å²) in [6.07, 6.45) is -17.5. The number of carboxylic acid groups (broad SMARTS) is 1. The van der Waals surface area contributed by atoms with Crippen LogP contribution in [0.1, 0.15) is 18.6 Å². The number of Topliss-reactive ketones (excluding diaryl/α,β-unsaturated/α-hetero) is 1. The van der Waals surface area contributed by atoms with Crippen LogP contribution >= 0.6 is 0 Å². The van der Waals surface area contributed by atoms with E-state index < -0.39 is 94.8 Å². The predicted octanol–water partition coefficient (Wildman–Crippen LogP) is -1.10. The normalized spacial score (nSPS) is 30.7. The first kappa shape index (κ1) is 31.1. The topological polar surface area (TPSA) is 263 Å². The number of aliphatic hydroxyl groups excluding tert-OH is 5. The van der Waals surface area contributed by atoms with E-state index in [1.54, 1.807) is 0 Å². The molecule has 9 unspecified atom stereocenters. The van der Waals surface area contributed by atoms with E-state index >= 15 is 0 Å². The number of rotatable bonds is 6. The second kappa shape index (κ2) is 11.7. The Labute approximate surface area is 246 Å². The van der Waals surface area contributed by atoms with E-state index in [9.17, 15) is 55.2 Å². The molecule has 3 aromatic rings. The summed E-state index contributed by atoms with van der Waals surface area (Å²) in [7, 11) is 1.30. The number of hydrogen-bond acceptors (Lipinski definition) is 15. The first-order chi connectivity index (χ1) is 20.7. The Kier molecular flexibility index (Phi) is 8.25. The predicted molar refractivity (Wildman–Crippen MR) is 143 cm³/mol. The molecule has 2 saturated heterocycles.